The molecule has 0 amide bonds. The summed E-state index contributed by atoms with van der Waals surface area (Å²) in [5.74, 6) is 0. The van der Waals surface area contributed by atoms with E-state index in [2.05, 4.69) is 15.5 Å². The van der Waals surface area contributed by atoms with Gasteiger partial charge in [-0.3, -0.25) is 5.10 Å². The minimum absolute atomic E-state index is 0.312. The van der Waals surface area contributed by atoms with Crippen LogP contribution in [-0.4, -0.2) is 30.0 Å². The highest BCUT2D eigenvalue weighted by Crippen LogP contribution is 2.20. The number of nitrogens with zero attached hydrogens (tertiary/aromatic N) is 1. The molecule has 0 bridgehead atoms. The molecular formula is C9H15N3O. The molecule has 0 aliphatic carbocycles. The standard InChI is InChI=1S/C9H15N3O/c1-6-9(7(2)12-11-6)8-5-13-4-3-10-8/h8,10H,3-5H2,1-2H3,(H,11,12). The number of H-pyrrole nitrogens is 1. The van der Waals surface area contributed by atoms with Gasteiger partial charge in [-0.15, -0.1) is 0 Å². The molecular weight excluding hydrogens is 166 g/mol. The number of ether oxygens (including phenoxy) is 1. The van der Waals surface area contributed by atoms with Gasteiger partial charge in [0.05, 0.1) is 24.9 Å². The van der Waals surface area contributed by atoms with Gasteiger partial charge in [-0.2, -0.15) is 5.10 Å². The van der Waals surface area contributed by atoms with Gasteiger partial charge in [0.2, 0.25) is 0 Å². The van der Waals surface area contributed by atoms with E-state index in [-0.39, 0.29) is 0 Å². The lowest BCUT2D eigenvalue weighted by Gasteiger charge is -2.24. The zero-order valence-electron chi connectivity index (χ0n) is 8.05. The maximum Gasteiger partial charge on any atom is 0.0663 e. The topological polar surface area (TPSA) is 49.9 Å². The van der Waals surface area contributed by atoms with Gasteiger partial charge in [0, 0.05) is 17.8 Å². The third-order valence-electron chi connectivity index (χ3n) is 2.46. The van der Waals surface area contributed by atoms with Crippen molar-refractivity contribution in [1.29, 1.82) is 0 Å². The Kier molecular flexibility index (Phi) is 2.33. The number of aryl methyl sites for hydroxylation is 2. The summed E-state index contributed by atoms with van der Waals surface area (Å²) in [5, 5.41) is 10.6. The van der Waals surface area contributed by atoms with E-state index in [1.54, 1.807) is 0 Å². The Bertz CT molecular complexity index is 270. The Morgan fingerprint density at radius 1 is 1.46 bits per heavy atom. The van der Waals surface area contributed by atoms with Crippen LogP contribution >= 0.6 is 0 Å². The smallest absolute Gasteiger partial charge is 0.0663 e. The average Bonchev–Trinajstić information content (AvgIpc) is 2.48. The van der Waals surface area contributed by atoms with Crippen molar-refractivity contribution in [3.05, 3.63) is 17.0 Å². The lowest BCUT2D eigenvalue weighted by atomic mass is 10.1. The Labute approximate surface area is 77.7 Å². The van der Waals surface area contributed by atoms with Gasteiger partial charge in [-0.25, -0.2) is 0 Å². The van der Waals surface area contributed by atoms with Crippen LogP contribution in [0.4, 0.5) is 0 Å². The van der Waals surface area contributed by atoms with Gasteiger partial charge in [0.15, 0.2) is 0 Å². The Morgan fingerprint density at radius 3 is 2.85 bits per heavy atom. The number of morpholine rings is 1. The maximum absolute atomic E-state index is 5.41. The first-order chi connectivity index (χ1) is 6.29. The highest BCUT2D eigenvalue weighted by atomic mass is 16.5. The molecule has 0 radical (unpaired) electrons. The fraction of sp³-hybridized carbons (Fsp3) is 0.667. The minimum atomic E-state index is 0.312. The van der Waals surface area contributed by atoms with E-state index < -0.39 is 0 Å². The molecule has 0 aromatic carbocycles. The van der Waals surface area contributed by atoms with Gasteiger partial charge in [0.25, 0.3) is 0 Å². The van der Waals surface area contributed by atoms with Crippen LogP contribution in [0.3, 0.4) is 0 Å². The van der Waals surface area contributed by atoms with Crippen molar-refractivity contribution < 1.29 is 4.74 Å². The summed E-state index contributed by atoms with van der Waals surface area (Å²) in [4.78, 5) is 0. The van der Waals surface area contributed by atoms with E-state index in [1.807, 2.05) is 13.8 Å². The third kappa shape index (κ3) is 1.59. The summed E-state index contributed by atoms with van der Waals surface area (Å²) >= 11 is 0. The van der Waals surface area contributed by atoms with Crippen LogP contribution in [0.2, 0.25) is 0 Å². The molecule has 13 heavy (non-hydrogen) atoms. The normalized spacial score (nSPS) is 23.4. The van der Waals surface area contributed by atoms with Crippen molar-refractivity contribution >= 4 is 0 Å². The molecule has 1 aliphatic rings. The predicted molar refractivity (Wildman–Crippen MR) is 49.6 cm³/mol. The Morgan fingerprint density at radius 2 is 2.31 bits per heavy atom. The predicted octanol–water partition coefficient (Wildman–Crippen LogP) is 0.687. The summed E-state index contributed by atoms with van der Waals surface area (Å²) in [7, 11) is 0. The number of aromatic amines is 1. The fourth-order valence-corrected chi connectivity index (χ4v) is 1.82. The molecule has 1 atom stereocenters. The number of aromatic nitrogens is 2. The van der Waals surface area contributed by atoms with Crippen molar-refractivity contribution in [2.24, 2.45) is 0 Å². The fourth-order valence-electron chi connectivity index (χ4n) is 1.82. The van der Waals surface area contributed by atoms with E-state index in [9.17, 15) is 0 Å². The van der Waals surface area contributed by atoms with Crippen LogP contribution in [0.5, 0.6) is 0 Å². The lowest BCUT2D eigenvalue weighted by Crippen LogP contribution is -2.35. The van der Waals surface area contributed by atoms with Crippen molar-refractivity contribution in [2.45, 2.75) is 19.9 Å². The van der Waals surface area contributed by atoms with E-state index in [0.29, 0.717) is 6.04 Å². The molecule has 72 valence electrons. The van der Waals surface area contributed by atoms with Crippen LogP contribution in [0.25, 0.3) is 0 Å². The molecule has 1 unspecified atom stereocenters. The first-order valence-corrected chi connectivity index (χ1v) is 4.61. The molecule has 2 N–H and O–H groups in total. The third-order valence-corrected chi connectivity index (χ3v) is 2.46. The average molecular weight is 181 g/mol. The highest BCUT2D eigenvalue weighted by Gasteiger charge is 2.20. The number of hydrogen-bond donors (Lipinski definition) is 2. The van der Waals surface area contributed by atoms with Crippen LogP contribution in [-0.2, 0) is 4.74 Å². The Hall–Kier alpha value is -0.870. The molecule has 4 nitrogen and oxygen atoms in total. The molecule has 1 aromatic rings. The van der Waals surface area contributed by atoms with Crippen molar-refractivity contribution in [3.63, 3.8) is 0 Å². The van der Waals surface area contributed by atoms with Crippen LogP contribution in [0, 0.1) is 13.8 Å². The maximum atomic E-state index is 5.41. The monoisotopic (exact) mass is 181 g/mol. The summed E-state index contributed by atoms with van der Waals surface area (Å²) in [6.07, 6.45) is 0. The summed E-state index contributed by atoms with van der Waals surface area (Å²) in [6, 6.07) is 0.312. The second-order valence-electron chi connectivity index (χ2n) is 3.43. The summed E-state index contributed by atoms with van der Waals surface area (Å²) in [5.41, 5.74) is 3.47. The van der Waals surface area contributed by atoms with E-state index in [1.165, 1.54) is 5.56 Å². The van der Waals surface area contributed by atoms with Gasteiger partial charge in [0.1, 0.15) is 0 Å². The first-order valence-electron chi connectivity index (χ1n) is 4.61. The van der Waals surface area contributed by atoms with Gasteiger partial charge in [-0.05, 0) is 13.8 Å². The van der Waals surface area contributed by atoms with E-state index in [0.717, 1.165) is 31.1 Å². The van der Waals surface area contributed by atoms with Crippen LogP contribution in [0.1, 0.15) is 23.0 Å². The van der Waals surface area contributed by atoms with Crippen LogP contribution < -0.4 is 5.32 Å². The second-order valence-corrected chi connectivity index (χ2v) is 3.43. The number of rotatable bonds is 1. The molecule has 1 saturated heterocycles. The summed E-state index contributed by atoms with van der Waals surface area (Å²) < 4.78 is 5.41. The minimum Gasteiger partial charge on any atom is -0.378 e. The first kappa shape index (κ1) is 8.72. The Balaban J connectivity index is 2.22. The summed E-state index contributed by atoms with van der Waals surface area (Å²) in [6.45, 7) is 6.56. The largest absolute Gasteiger partial charge is 0.378 e. The molecule has 4 heteroatoms. The zero-order chi connectivity index (χ0) is 9.26. The van der Waals surface area contributed by atoms with Gasteiger partial charge < -0.3 is 10.1 Å². The molecule has 2 heterocycles. The van der Waals surface area contributed by atoms with Gasteiger partial charge >= 0.3 is 0 Å². The molecule has 0 spiro atoms. The number of nitrogens with one attached hydrogen (secondary N) is 2. The molecule has 2 rings (SSSR count). The van der Waals surface area contributed by atoms with Crippen molar-refractivity contribution in [2.75, 3.05) is 19.8 Å². The second kappa shape index (κ2) is 3.47. The SMILES string of the molecule is Cc1n[nH]c(C)c1C1COCCN1. The van der Waals surface area contributed by atoms with E-state index >= 15 is 0 Å². The lowest BCUT2D eigenvalue weighted by molar-refractivity contribution is 0.0765. The highest BCUT2D eigenvalue weighted by molar-refractivity contribution is 5.27. The van der Waals surface area contributed by atoms with Crippen molar-refractivity contribution in [1.82, 2.24) is 15.5 Å². The molecule has 1 fully saturated rings. The molecule has 1 aliphatic heterocycles. The molecule has 0 saturated carbocycles. The number of hydrogen-bond acceptors (Lipinski definition) is 3. The zero-order valence-corrected chi connectivity index (χ0v) is 8.05. The van der Waals surface area contributed by atoms with Crippen LogP contribution in [0.15, 0.2) is 0 Å². The molecule has 1 aromatic heterocycles. The quantitative estimate of drug-likeness (QED) is 0.670. The van der Waals surface area contributed by atoms with E-state index in [4.69, 9.17) is 4.74 Å². The van der Waals surface area contributed by atoms with Crippen molar-refractivity contribution in [3.8, 4) is 0 Å². The van der Waals surface area contributed by atoms with Gasteiger partial charge in [-0.1, -0.05) is 0 Å².